The topological polar surface area (TPSA) is 100 Å². The SMILES string of the molecule is O=C(Cn1cnc2ccccc2c1=O)Oc1ccc(-c2nnco2)cc1. The van der Waals surface area contributed by atoms with Crippen molar-refractivity contribution in [2.24, 2.45) is 0 Å². The van der Waals surface area contributed by atoms with Crippen molar-refractivity contribution in [3.8, 4) is 17.2 Å². The number of carbonyl (C=O) groups excluding carboxylic acids is 1. The molecule has 4 rings (SSSR count). The molecule has 0 radical (unpaired) electrons. The number of carbonyl (C=O) groups is 1. The second-order valence-corrected chi connectivity index (χ2v) is 5.44. The number of para-hydroxylation sites is 1. The minimum Gasteiger partial charge on any atom is -0.425 e. The Hall–Kier alpha value is -3.81. The van der Waals surface area contributed by atoms with Crippen LogP contribution >= 0.6 is 0 Å². The summed E-state index contributed by atoms with van der Waals surface area (Å²) in [5, 5.41) is 7.85. The van der Waals surface area contributed by atoms with Gasteiger partial charge < -0.3 is 9.15 Å². The molecular weight excluding hydrogens is 336 g/mol. The Balaban J connectivity index is 1.49. The van der Waals surface area contributed by atoms with Crippen LogP contribution in [0.3, 0.4) is 0 Å². The molecule has 8 heteroatoms. The summed E-state index contributed by atoms with van der Waals surface area (Å²) in [7, 11) is 0. The summed E-state index contributed by atoms with van der Waals surface area (Å²) >= 11 is 0. The summed E-state index contributed by atoms with van der Waals surface area (Å²) < 4.78 is 11.6. The van der Waals surface area contributed by atoms with Crippen LogP contribution in [0.15, 0.2) is 70.5 Å². The molecule has 0 aliphatic carbocycles. The van der Waals surface area contributed by atoms with Gasteiger partial charge in [-0.2, -0.15) is 0 Å². The van der Waals surface area contributed by atoms with Gasteiger partial charge >= 0.3 is 5.97 Å². The molecule has 2 heterocycles. The predicted octanol–water partition coefficient (Wildman–Crippen LogP) is 2.05. The highest BCUT2D eigenvalue weighted by atomic mass is 16.5. The monoisotopic (exact) mass is 348 g/mol. The van der Waals surface area contributed by atoms with Gasteiger partial charge in [0, 0.05) is 5.56 Å². The zero-order valence-corrected chi connectivity index (χ0v) is 13.4. The number of esters is 1. The zero-order valence-electron chi connectivity index (χ0n) is 13.4. The molecule has 0 aliphatic heterocycles. The Morgan fingerprint density at radius 1 is 1.12 bits per heavy atom. The Morgan fingerprint density at radius 3 is 2.69 bits per heavy atom. The third-order valence-corrected chi connectivity index (χ3v) is 3.72. The fourth-order valence-corrected chi connectivity index (χ4v) is 2.49. The molecule has 0 bridgehead atoms. The number of fused-ring (bicyclic) bond motifs is 1. The normalized spacial score (nSPS) is 10.8. The number of hydrogen-bond donors (Lipinski definition) is 0. The van der Waals surface area contributed by atoms with E-state index in [2.05, 4.69) is 15.2 Å². The second-order valence-electron chi connectivity index (χ2n) is 5.44. The molecule has 8 nitrogen and oxygen atoms in total. The van der Waals surface area contributed by atoms with Crippen molar-refractivity contribution < 1.29 is 13.9 Å². The lowest BCUT2D eigenvalue weighted by Crippen LogP contribution is -2.26. The Labute approximate surface area is 146 Å². The summed E-state index contributed by atoms with van der Waals surface area (Å²) in [5.41, 5.74) is 0.996. The lowest BCUT2D eigenvalue weighted by molar-refractivity contribution is -0.135. The van der Waals surface area contributed by atoms with E-state index in [1.54, 1.807) is 48.5 Å². The maximum atomic E-state index is 12.4. The van der Waals surface area contributed by atoms with Gasteiger partial charge in [0.1, 0.15) is 12.3 Å². The molecule has 0 N–H and O–H groups in total. The molecule has 26 heavy (non-hydrogen) atoms. The van der Waals surface area contributed by atoms with Crippen LogP contribution in [0.1, 0.15) is 0 Å². The molecule has 0 atom stereocenters. The highest BCUT2D eigenvalue weighted by Gasteiger charge is 2.11. The first kappa shape index (κ1) is 15.7. The molecule has 0 fully saturated rings. The van der Waals surface area contributed by atoms with Crippen LogP contribution < -0.4 is 10.3 Å². The largest absolute Gasteiger partial charge is 0.425 e. The number of nitrogens with zero attached hydrogens (tertiary/aromatic N) is 4. The number of benzene rings is 2. The first-order valence-electron chi connectivity index (χ1n) is 7.72. The highest BCUT2D eigenvalue weighted by molar-refractivity contribution is 5.78. The number of ether oxygens (including phenoxy) is 1. The van der Waals surface area contributed by atoms with Gasteiger partial charge in [0.05, 0.1) is 17.2 Å². The third-order valence-electron chi connectivity index (χ3n) is 3.72. The van der Waals surface area contributed by atoms with Crippen LogP contribution in [0.5, 0.6) is 5.75 Å². The van der Waals surface area contributed by atoms with E-state index in [9.17, 15) is 9.59 Å². The molecule has 0 spiro atoms. The van der Waals surface area contributed by atoms with E-state index in [0.29, 0.717) is 28.1 Å². The van der Waals surface area contributed by atoms with Gasteiger partial charge in [0.25, 0.3) is 5.56 Å². The number of aromatic nitrogens is 4. The first-order chi connectivity index (χ1) is 12.7. The molecule has 0 amide bonds. The third kappa shape index (κ3) is 3.07. The molecule has 0 aliphatic rings. The van der Waals surface area contributed by atoms with Crippen molar-refractivity contribution >= 4 is 16.9 Å². The highest BCUT2D eigenvalue weighted by Crippen LogP contribution is 2.20. The van der Waals surface area contributed by atoms with Crippen molar-refractivity contribution in [1.29, 1.82) is 0 Å². The van der Waals surface area contributed by atoms with Crippen LogP contribution in [-0.4, -0.2) is 25.7 Å². The Kier molecular flexibility index (Phi) is 3.98. The van der Waals surface area contributed by atoms with E-state index in [1.165, 1.54) is 17.3 Å². The quantitative estimate of drug-likeness (QED) is 0.411. The maximum absolute atomic E-state index is 12.4. The molecular formula is C18H12N4O4. The average Bonchev–Trinajstić information content (AvgIpc) is 3.20. The molecule has 0 saturated carbocycles. The predicted molar refractivity (Wildman–Crippen MR) is 91.4 cm³/mol. The van der Waals surface area contributed by atoms with Gasteiger partial charge in [-0.3, -0.25) is 9.36 Å². The standard InChI is InChI=1S/C18H12N4O4/c23-16(9-22-10-19-15-4-2-1-3-14(15)18(22)24)26-13-7-5-12(6-8-13)17-21-20-11-25-17/h1-8,10-11H,9H2. The van der Waals surface area contributed by atoms with E-state index < -0.39 is 5.97 Å². The fraction of sp³-hybridized carbons (Fsp3) is 0.0556. The van der Waals surface area contributed by atoms with Gasteiger partial charge in [-0.15, -0.1) is 10.2 Å². The molecule has 2 aromatic carbocycles. The smallest absolute Gasteiger partial charge is 0.331 e. The van der Waals surface area contributed by atoms with Crippen LogP contribution in [0.4, 0.5) is 0 Å². The van der Waals surface area contributed by atoms with Crippen LogP contribution in [0.2, 0.25) is 0 Å². The molecule has 0 saturated heterocycles. The number of rotatable bonds is 4. The summed E-state index contributed by atoms with van der Waals surface area (Å²) in [5.74, 6) is 0.145. The minimum atomic E-state index is -0.574. The molecule has 128 valence electrons. The molecule has 4 aromatic rings. The van der Waals surface area contributed by atoms with Crippen molar-refractivity contribution in [1.82, 2.24) is 19.7 Å². The zero-order chi connectivity index (χ0) is 17.9. The molecule has 2 aromatic heterocycles. The summed E-state index contributed by atoms with van der Waals surface area (Å²) in [6, 6.07) is 13.6. The lowest BCUT2D eigenvalue weighted by atomic mass is 10.2. The fourth-order valence-electron chi connectivity index (χ4n) is 2.49. The molecule has 0 unspecified atom stereocenters. The number of hydrogen-bond acceptors (Lipinski definition) is 7. The van der Waals surface area contributed by atoms with E-state index in [0.717, 1.165) is 0 Å². The van der Waals surface area contributed by atoms with Gasteiger partial charge in [0.15, 0.2) is 0 Å². The Bertz CT molecular complexity index is 1120. The minimum absolute atomic E-state index is 0.234. The van der Waals surface area contributed by atoms with E-state index in [1.807, 2.05) is 0 Å². The van der Waals surface area contributed by atoms with Gasteiger partial charge in [-0.1, -0.05) is 12.1 Å². The van der Waals surface area contributed by atoms with Crippen LogP contribution in [0, 0.1) is 0 Å². The van der Waals surface area contributed by atoms with Crippen LogP contribution in [-0.2, 0) is 11.3 Å². The van der Waals surface area contributed by atoms with Crippen LogP contribution in [0.25, 0.3) is 22.4 Å². The second kappa shape index (κ2) is 6.60. The van der Waals surface area contributed by atoms with Crippen molar-refractivity contribution in [2.45, 2.75) is 6.54 Å². The van der Waals surface area contributed by atoms with E-state index in [4.69, 9.17) is 9.15 Å². The average molecular weight is 348 g/mol. The van der Waals surface area contributed by atoms with Crippen molar-refractivity contribution in [3.63, 3.8) is 0 Å². The van der Waals surface area contributed by atoms with Gasteiger partial charge in [0.2, 0.25) is 12.3 Å². The maximum Gasteiger partial charge on any atom is 0.331 e. The first-order valence-corrected chi connectivity index (χ1v) is 7.72. The van der Waals surface area contributed by atoms with Crippen molar-refractivity contribution in [3.05, 3.63) is 71.6 Å². The lowest BCUT2D eigenvalue weighted by Gasteiger charge is -2.07. The summed E-state index contributed by atoms with van der Waals surface area (Å²) in [6.45, 7) is -0.234. The van der Waals surface area contributed by atoms with E-state index >= 15 is 0 Å². The Morgan fingerprint density at radius 2 is 1.92 bits per heavy atom. The van der Waals surface area contributed by atoms with Gasteiger partial charge in [-0.25, -0.2) is 9.78 Å². The van der Waals surface area contributed by atoms with Crippen molar-refractivity contribution in [2.75, 3.05) is 0 Å². The van der Waals surface area contributed by atoms with E-state index in [-0.39, 0.29) is 12.1 Å². The van der Waals surface area contributed by atoms with Gasteiger partial charge in [-0.05, 0) is 36.4 Å². The summed E-state index contributed by atoms with van der Waals surface area (Å²) in [4.78, 5) is 28.7. The summed E-state index contributed by atoms with van der Waals surface area (Å²) in [6.07, 6.45) is 2.57.